The van der Waals surface area contributed by atoms with E-state index in [-0.39, 0.29) is 66.8 Å². The molecule has 2 saturated heterocycles. The maximum atomic E-state index is 13.3. The van der Waals surface area contributed by atoms with Gasteiger partial charge in [0.15, 0.2) is 0 Å². The summed E-state index contributed by atoms with van der Waals surface area (Å²) < 4.78 is 29.6. The molecule has 74 heavy (non-hydrogen) atoms. The lowest BCUT2D eigenvalue weighted by atomic mass is 9.90. The van der Waals surface area contributed by atoms with Crippen LogP contribution >= 0.6 is 0 Å². The lowest BCUT2D eigenvalue weighted by Crippen LogP contribution is -2.53. The maximum absolute atomic E-state index is 13.3. The Kier molecular flexibility index (Phi) is 40.6. The Hall–Kier alpha value is -4.34. The van der Waals surface area contributed by atoms with Crippen molar-refractivity contribution in [1.82, 2.24) is 35.0 Å². The number of piperidine rings is 1. The number of nitrogens with zero attached hydrogens (tertiary/aromatic N) is 4. The van der Waals surface area contributed by atoms with Gasteiger partial charge < -0.3 is 59.1 Å². The van der Waals surface area contributed by atoms with Crippen LogP contribution in [0.5, 0.6) is 5.75 Å². The van der Waals surface area contributed by atoms with E-state index in [2.05, 4.69) is 69.0 Å². The van der Waals surface area contributed by atoms with Crippen molar-refractivity contribution in [2.24, 2.45) is 23.7 Å². The second-order valence-corrected chi connectivity index (χ2v) is 21.2. The molecule has 3 aliphatic rings. The molecule has 428 valence electrons. The van der Waals surface area contributed by atoms with Crippen molar-refractivity contribution in [3.05, 3.63) is 29.8 Å². The summed E-state index contributed by atoms with van der Waals surface area (Å²) in [6, 6.07) is 7.83. The average Bonchev–Trinajstić information content (AvgIpc) is 4.16. The summed E-state index contributed by atoms with van der Waals surface area (Å²) in [6.45, 7) is 18.5. The van der Waals surface area contributed by atoms with Gasteiger partial charge in [0.1, 0.15) is 18.3 Å². The zero-order chi connectivity index (χ0) is 56.9. The number of benzene rings is 1. The van der Waals surface area contributed by atoms with Crippen LogP contribution in [0.25, 0.3) is 0 Å². The normalized spacial score (nSPS) is 18.3. The largest absolute Gasteiger partial charge is 0.497 e. The van der Waals surface area contributed by atoms with Gasteiger partial charge in [0.25, 0.3) is 0 Å². The van der Waals surface area contributed by atoms with Crippen molar-refractivity contribution in [2.45, 2.75) is 161 Å². The van der Waals surface area contributed by atoms with Crippen molar-refractivity contribution in [1.29, 1.82) is 0 Å². The van der Waals surface area contributed by atoms with E-state index < -0.39 is 23.1 Å². The minimum atomic E-state index is -0.740. The molecule has 3 unspecified atom stereocenters. The second kappa shape index (κ2) is 41.9. The first-order valence-corrected chi connectivity index (χ1v) is 27.5. The Bertz CT molecular complexity index is 1710. The van der Waals surface area contributed by atoms with E-state index in [1.165, 1.54) is 6.42 Å². The summed E-state index contributed by atoms with van der Waals surface area (Å²) in [7, 11) is 13.4. The highest BCUT2D eigenvalue weighted by atomic mass is 32.2. The zero-order valence-corrected chi connectivity index (χ0v) is 48.8. The highest BCUT2D eigenvalue weighted by molar-refractivity contribution is 7.83. The van der Waals surface area contributed by atoms with E-state index in [9.17, 15) is 37.8 Å². The van der Waals surface area contributed by atoms with Gasteiger partial charge in [-0.05, 0) is 110 Å². The summed E-state index contributed by atoms with van der Waals surface area (Å²) in [5.74, 6) is 0.0650. The topological polar surface area (TPSA) is 234 Å². The van der Waals surface area contributed by atoms with Gasteiger partial charge in [-0.2, -0.15) is 0 Å². The standard InChI is InChI=1S/C22H39N3O6.C11H15NO2.C7H11NO3.C7H17N.C4H9NOS.C3H8/c1-7-15(2)21(24(4)20(29)12-23-14-27)18(30-5)11-19(28)25-10-8-9-17(25)22(31-6)16(3)13-26;1-12-10(8-13)7-9-3-5-11(14-2)6-4-9;9-5-8-3-1-6(2-4-8)7(10)11;1-6(2)7(3)8(4)5;1-5-7(6)4-2-3-4;1-3-2/h13-18,21-22H,7-12H2,1-6H3,(H,23,27);3-6,8,10,12H,7H2,1-2H3;5-6H,1-4H2,(H,10,11);6-7H,1-5H3;4-5H,2-3H2,1H3;3H2,1-2H3/t15-,16-,17-,18+,21?,22+;10-;;;;/m00..../s1. The molecule has 1 saturated carbocycles. The third-order valence-corrected chi connectivity index (χ3v) is 14.9. The van der Waals surface area contributed by atoms with E-state index in [0.717, 1.165) is 68.3 Å². The maximum Gasteiger partial charge on any atom is 0.306 e. The summed E-state index contributed by atoms with van der Waals surface area (Å²) in [4.78, 5) is 86.1. The molecule has 1 aromatic rings. The van der Waals surface area contributed by atoms with Crippen molar-refractivity contribution >= 4 is 54.2 Å². The van der Waals surface area contributed by atoms with Crippen molar-refractivity contribution in [2.75, 3.05) is 82.7 Å². The molecular weight excluding hydrogens is 971 g/mol. The van der Waals surface area contributed by atoms with Crippen LogP contribution in [-0.4, -0.2) is 196 Å². The van der Waals surface area contributed by atoms with Gasteiger partial charge >= 0.3 is 5.97 Å². The Balaban J connectivity index is 0. The number of aldehydes is 2. The number of carbonyl (C=O) groups is 7. The fraction of sp³-hybridized carbons (Fsp3) is 0.759. The van der Waals surface area contributed by atoms with Gasteiger partial charge in [-0.1, -0.05) is 73.4 Å². The molecular formula is C54H99N7O12S. The number of nitrogens with one attached hydrogen (secondary N) is 3. The van der Waals surface area contributed by atoms with Crippen LogP contribution in [0.15, 0.2) is 24.3 Å². The molecule has 4 rings (SSSR count). The number of carboxylic acids is 1. The molecule has 2 heterocycles. The summed E-state index contributed by atoms with van der Waals surface area (Å²) >= 11 is 0. The first-order chi connectivity index (χ1) is 35.1. The van der Waals surface area contributed by atoms with E-state index in [1.54, 1.807) is 64.1 Å². The third-order valence-electron chi connectivity index (χ3n) is 13.5. The molecule has 0 aromatic heterocycles. The van der Waals surface area contributed by atoms with E-state index in [4.69, 9.17) is 19.3 Å². The Morgan fingerprint density at radius 3 is 1.80 bits per heavy atom. The Morgan fingerprint density at radius 1 is 0.851 bits per heavy atom. The highest BCUT2D eigenvalue weighted by Gasteiger charge is 2.40. The summed E-state index contributed by atoms with van der Waals surface area (Å²) in [6.07, 6.45) is 10.2. The molecule has 0 radical (unpaired) electrons. The molecule has 0 bridgehead atoms. The number of rotatable bonds is 25. The number of likely N-dealkylation sites (tertiary alicyclic amines) is 2. The van der Waals surface area contributed by atoms with Gasteiger partial charge in [-0.3, -0.25) is 24.0 Å². The number of methoxy groups -OCH3 is 3. The molecule has 2 aliphatic heterocycles. The molecule has 4 amide bonds. The van der Waals surface area contributed by atoms with E-state index >= 15 is 0 Å². The molecule has 19 nitrogen and oxygen atoms in total. The number of aliphatic carboxylic acids is 1. The van der Waals surface area contributed by atoms with Crippen LogP contribution in [0.3, 0.4) is 0 Å². The quantitative estimate of drug-likeness (QED) is 0.0959. The average molecular weight is 1070 g/mol. The number of carbonyl (C=O) groups excluding carboxylic acids is 6. The van der Waals surface area contributed by atoms with Gasteiger partial charge in [0.2, 0.25) is 24.6 Å². The second-order valence-electron chi connectivity index (χ2n) is 19.5. The third kappa shape index (κ3) is 28.5. The van der Waals surface area contributed by atoms with Gasteiger partial charge in [0.05, 0.1) is 67.3 Å². The van der Waals surface area contributed by atoms with Crippen molar-refractivity contribution in [3.63, 3.8) is 0 Å². The zero-order valence-electron chi connectivity index (χ0n) is 48.0. The van der Waals surface area contributed by atoms with Crippen LogP contribution in [0.2, 0.25) is 0 Å². The number of hydrogen-bond donors (Lipinski definition) is 4. The predicted molar refractivity (Wildman–Crippen MR) is 294 cm³/mol. The summed E-state index contributed by atoms with van der Waals surface area (Å²) in [5, 5.41) is 14.4. The summed E-state index contributed by atoms with van der Waals surface area (Å²) in [5.41, 5.74) is 1.12. The molecule has 20 heteroatoms. The minimum Gasteiger partial charge on any atom is -0.497 e. The van der Waals surface area contributed by atoms with Gasteiger partial charge in [0, 0.05) is 58.1 Å². The lowest BCUT2D eigenvalue weighted by Gasteiger charge is -2.39. The molecule has 1 aliphatic carbocycles. The fourth-order valence-corrected chi connectivity index (χ4v) is 8.96. The number of amides is 4. The van der Waals surface area contributed by atoms with Crippen molar-refractivity contribution < 1.29 is 57.1 Å². The Morgan fingerprint density at radius 2 is 1.43 bits per heavy atom. The Labute approximate surface area is 447 Å². The number of hydrogen-bond acceptors (Lipinski definition) is 13. The van der Waals surface area contributed by atoms with Crippen LogP contribution in [0.1, 0.15) is 119 Å². The smallest absolute Gasteiger partial charge is 0.306 e. The minimum absolute atomic E-state index is 0.0744. The predicted octanol–water partition coefficient (Wildman–Crippen LogP) is 4.86. The number of carboxylic acid groups (broad SMARTS) is 1. The number of likely N-dealkylation sites (N-methyl/N-ethyl adjacent to an activating group) is 2. The van der Waals surface area contributed by atoms with E-state index in [0.29, 0.717) is 56.6 Å². The number of ether oxygens (including phenoxy) is 3. The van der Waals surface area contributed by atoms with Crippen LogP contribution in [0, 0.1) is 23.7 Å². The van der Waals surface area contributed by atoms with Crippen LogP contribution in [0.4, 0.5) is 0 Å². The highest BCUT2D eigenvalue weighted by Crippen LogP contribution is 2.29. The molecule has 9 atom stereocenters. The first-order valence-electron chi connectivity index (χ1n) is 26.3. The van der Waals surface area contributed by atoms with Crippen LogP contribution in [-0.2, 0) is 60.4 Å². The monoisotopic (exact) mass is 1070 g/mol. The first kappa shape index (κ1) is 71.7. The molecule has 4 N–H and O–H groups in total. The molecule has 0 spiro atoms. The molecule has 1 aromatic carbocycles. The van der Waals surface area contributed by atoms with Crippen molar-refractivity contribution in [3.8, 4) is 5.75 Å². The SMILES string of the molecule is CC(C)C(C)N(C)C.CCC.CC[C@H](C)C([C@@H](CC(=O)N1CCC[C@H]1[C@H](OC)[C@@H](C)C=O)OC)N(C)C(=O)CNC=O.CNS(=O)C1CC1.CN[C@H](C=O)Cc1ccc(OC)cc1.O=CN1CCC(C(=O)O)CC1. The van der Waals surface area contributed by atoms with Gasteiger partial charge in [-0.15, -0.1) is 0 Å². The van der Waals surface area contributed by atoms with E-state index in [1.807, 2.05) is 38.1 Å². The van der Waals surface area contributed by atoms with Gasteiger partial charge in [-0.25, -0.2) is 8.93 Å². The van der Waals surface area contributed by atoms with Crippen LogP contribution < -0.4 is 20.1 Å². The molecule has 3 fully saturated rings. The lowest BCUT2D eigenvalue weighted by molar-refractivity contribution is -0.144. The fourth-order valence-electron chi connectivity index (χ4n) is 8.07.